The average Bonchev–Trinajstić information content (AvgIpc) is 2.98. The molecule has 6 nitrogen and oxygen atoms in total. The van der Waals surface area contributed by atoms with Gasteiger partial charge in [-0.2, -0.15) is 0 Å². The number of nitrogens with one attached hydrogen (secondary N) is 1. The maximum absolute atomic E-state index is 9.69. The lowest BCUT2D eigenvalue weighted by Crippen LogP contribution is -2.41. The first-order chi connectivity index (χ1) is 10.3. The van der Waals surface area contributed by atoms with Crippen LogP contribution in [0.5, 0.6) is 0 Å². The molecule has 1 saturated heterocycles. The summed E-state index contributed by atoms with van der Waals surface area (Å²) in [6, 6.07) is 1.93. The molecule has 0 aliphatic carbocycles. The molecule has 22 heavy (non-hydrogen) atoms. The van der Waals surface area contributed by atoms with E-state index in [-0.39, 0.29) is 6.61 Å². The van der Waals surface area contributed by atoms with Crippen LogP contribution in [0, 0.1) is 0 Å². The Kier molecular flexibility index (Phi) is 3.59. The topological polar surface area (TPSA) is 80.3 Å². The molecule has 0 radical (unpaired) electrons. The lowest BCUT2D eigenvalue weighted by molar-refractivity contribution is 0.00578. The van der Waals surface area contributed by atoms with Crippen LogP contribution >= 0.6 is 0 Å². The number of imidazole rings is 1. The SMILES string of the molecule is CC1(C)OB(C(=Cc2cnc3nc[nH]c3c2)CO)OC1(C)C. The summed E-state index contributed by atoms with van der Waals surface area (Å²) < 4.78 is 11.9. The Bertz CT molecular complexity index is 708. The normalized spacial score (nSPS) is 20.8. The minimum atomic E-state index is -0.563. The number of aliphatic hydroxyl groups excluding tert-OH is 1. The van der Waals surface area contributed by atoms with Crippen molar-refractivity contribution in [1.29, 1.82) is 0 Å². The van der Waals surface area contributed by atoms with Crippen LogP contribution in [0.4, 0.5) is 0 Å². The Hall–Kier alpha value is -1.70. The fraction of sp³-hybridized carbons (Fsp3) is 0.467. The van der Waals surface area contributed by atoms with E-state index in [1.165, 1.54) is 0 Å². The summed E-state index contributed by atoms with van der Waals surface area (Å²) in [5, 5.41) is 9.69. The Morgan fingerprint density at radius 3 is 2.59 bits per heavy atom. The monoisotopic (exact) mass is 301 g/mol. The van der Waals surface area contributed by atoms with Crippen LogP contribution in [0.2, 0.25) is 0 Å². The standard InChI is InChI=1S/C15H20BN3O3/c1-14(2)15(3,4)22-16(21-14)11(8-20)5-10-6-12-13(17-7-10)19-9-18-12/h5-7,9,20H,8H2,1-4H3,(H,17,18,19). The Morgan fingerprint density at radius 1 is 1.27 bits per heavy atom. The van der Waals surface area contributed by atoms with Crippen LogP contribution in [-0.4, -0.2) is 45.0 Å². The smallest absolute Gasteiger partial charge is 0.400 e. The summed E-state index contributed by atoms with van der Waals surface area (Å²) >= 11 is 0. The summed E-state index contributed by atoms with van der Waals surface area (Å²) in [6.07, 6.45) is 5.16. The second kappa shape index (κ2) is 5.19. The largest absolute Gasteiger partial charge is 0.492 e. The lowest BCUT2D eigenvalue weighted by atomic mass is 9.77. The molecule has 0 saturated carbocycles. The van der Waals surface area contributed by atoms with E-state index in [4.69, 9.17) is 9.31 Å². The van der Waals surface area contributed by atoms with Gasteiger partial charge in [0.15, 0.2) is 5.65 Å². The molecule has 0 atom stereocenters. The third kappa shape index (κ3) is 2.56. The third-order valence-electron chi connectivity index (χ3n) is 4.39. The molecular formula is C15H20BN3O3. The highest BCUT2D eigenvalue weighted by Crippen LogP contribution is 2.38. The summed E-state index contributed by atoms with van der Waals surface area (Å²) in [4.78, 5) is 11.4. The molecule has 0 aromatic carbocycles. The van der Waals surface area contributed by atoms with E-state index in [2.05, 4.69) is 15.0 Å². The molecule has 0 spiro atoms. The number of nitrogens with zero attached hydrogens (tertiary/aromatic N) is 2. The van der Waals surface area contributed by atoms with Crippen LogP contribution in [0.25, 0.3) is 17.2 Å². The van der Waals surface area contributed by atoms with Gasteiger partial charge in [0.05, 0.1) is 29.7 Å². The highest BCUT2D eigenvalue weighted by Gasteiger charge is 2.52. The van der Waals surface area contributed by atoms with Gasteiger partial charge < -0.3 is 19.4 Å². The van der Waals surface area contributed by atoms with Gasteiger partial charge in [0.2, 0.25) is 0 Å². The predicted molar refractivity (Wildman–Crippen MR) is 85.0 cm³/mol. The van der Waals surface area contributed by atoms with E-state index in [1.54, 1.807) is 12.5 Å². The third-order valence-corrected chi connectivity index (χ3v) is 4.39. The minimum absolute atomic E-state index is 0.141. The van der Waals surface area contributed by atoms with Crippen molar-refractivity contribution in [1.82, 2.24) is 15.0 Å². The van der Waals surface area contributed by atoms with Crippen LogP contribution in [0.1, 0.15) is 33.3 Å². The van der Waals surface area contributed by atoms with Gasteiger partial charge >= 0.3 is 7.12 Å². The molecule has 2 N–H and O–H groups in total. The lowest BCUT2D eigenvalue weighted by Gasteiger charge is -2.32. The van der Waals surface area contributed by atoms with Crippen LogP contribution in [0.15, 0.2) is 24.1 Å². The van der Waals surface area contributed by atoms with Gasteiger partial charge in [-0.05, 0) is 44.8 Å². The molecule has 2 aromatic rings. The van der Waals surface area contributed by atoms with E-state index in [0.29, 0.717) is 11.1 Å². The van der Waals surface area contributed by atoms with Crippen LogP contribution < -0.4 is 0 Å². The van der Waals surface area contributed by atoms with E-state index < -0.39 is 18.3 Å². The number of aliphatic hydroxyl groups is 1. The van der Waals surface area contributed by atoms with Gasteiger partial charge in [-0.15, -0.1) is 0 Å². The fourth-order valence-electron chi connectivity index (χ4n) is 2.32. The van der Waals surface area contributed by atoms with Crippen molar-refractivity contribution >= 4 is 24.4 Å². The number of pyridine rings is 1. The minimum Gasteiger partial charge on any atom is -0.400 e. The number of H-pyrrole nitrogens is 1. The van der Waals surface area contributed by atoms with Gasteiger partial charge in [-0.25, -0.2) is 9.97 Å². The number of aromatic amines is 1. The molecule has 1 fully saturated rings. The number of fused-ring (bicyclic) bond motifs is 1. The van der Waals surface area contributed by atoms with Crippen molar-refractivity contribution < 1.29 is 14.4 Å². The van der Waals surface area contributed by atoms with E-state index >= 15 is 0 Å². The Morgan fingerprint density at radius 2 is 1.95 bits per heavy atom. The van der Waals surface area contributed by atoms with Crippen LogP contribution in [-0.2, 0) is 9.31 Å². The first-order valence-corrected chi connectivity index (χ1v) is 7.28. The molecule has 3 rings (SSSR count). The highest BCUT2D eigenvalue weighted by molar-refractivity contribution is 6.55. The number of hydrogen-bond acceptors (Lipinski definition) is 5. The van der Waals surface area contributed by atoms with Crippen molar-refractivity contribution in [3.63, 3.8) is 0 Å². The van der Waals surface area contributed by atoms with Crippen molar-refractivity contribution in [2.24, 2.45) is 0 Å². The quantitative estimate of drug-likeness (QED) is 0.847. The summed E-state index contributed by atoms with van der Waals surface area (Å²) in [5.74, 6) is 0. The summed E-state index contributed by atoms with van der Waals surface area (Å²) in [5.41, 5.74) is 2.17. The van der Waals surface area contributed by atoms with Crippen LogP contribution in [0.3, 0.4) is 0 Å². The van der Waals surface area contributed by atoms with Crippen molar-refractivity contribution in [3.05, 3.63) is 29.6 Å². The van der Waals surface area contributed by atoms with Gasteiger partial charge in [0, 0.05) is 6.20 Å². The zero-order valence-corrected chi connectivity index (χ0v) is 13.3. The molecule has 0 bridgehead atoms. The molecule has 0 unspecified atom stereocenters. The van der Waals surface area contributed by atoms with Gasteiger partial charge in [0.25, 0.3) is 0 Å². The van der Waals surface area contributed by atoms with Crippen molar-refractivity contribution in [2.75, 3.05) is 6.61 Å². The maximum Gasteiger partial charge on any atom is 0.492 e. The predicted octanol–water partition coefficient (Wildman–Crippen LogP) is 1.96. The van der Waals surface area contributed by atoms with E-state index in [0.717, 1.165) is 11.1 Å². The zero-order chi connectivity index (χ0) is 16.0. The molecule has 1 aliphatic rings. The number of rotatable bonds is 3. The molecule has 116 valence electrons. The van der Waals surface area contributed by atoms with Crippen molar-refractivity contribution in [3.8, 4) is 0 Å². The first kappa shape index (κ1) is 15.2. The van der Waals surface area contributed by atoms with E-state index in [1.807, 2.05) is 39.8 Å². The maximum atomic E-state index is 9.69. The molecular weight excluding hydrogens is 281 g/mol. The molecule has 0 amide bonds. The number of hydrogen-bond donors (Lipinski definition) is 2. The summed E-state index contributed by atoms with van der Waals surface area (Å²) in [7, 11) is -0.563. The Labute approximate surface area is 129 Å². The first-order valence-electron chi connectivity index (χ1n) is 7.28. The Balaban J connectivity index is 1.90. The number of aromatic nitrogens is 3. The van der Waals surface area contributed by atoms with E-state index in [9.17, 15) is 5.11 Å². The summed E-state index contributed by atoms with van der Waals surface area (Å²) in [6.45, 7) is 7.80. The van der Waals surface area contributed by atoms with Gasteiger partial charge in [-0.1, -0.05) is 6.08 Å². The second-order valence-electron chi connectivity index (χ2n) is 6.51. The molecule has 1 aliphatic heterocycles. The van der Waals surface area contributed by atoms with Crippen molar-refractivity contribution in [2.45, 2.75) is 38.9 Å². The van der Waals surface area contributed by atoms with Gasteiger partial charge in [0.1, 0.15) is 0 Å². The zero-order valence-electron chi connectivity index (χ0n) is 13.3. The molecule has 3 heterocycles. The van der Waals surface area contributed by atoms with Gasteiger partial charge in [-0.3, -0.25) is 0 Å². The average molecular weight is 301 g/mol. The fourth-order valence-corrected chi connectivity index (χ4v) is 2.32. The molecule has 7 heteroatoms. The highest BCUT2D eigenvalue weighted by atomic mass is 16.7. The molecule has 2 aromatic heterocycles. The second-order valence-corrected chi connectivity index (χ2v) is 6.51.